The third-order valence-electron chi connectivity index (χ3n) is 11.7. The van der Waals surface area contributed by atoms with Crippen molar-refractivity contribution in [3.63, 3.8) is 0 Å². The number of piperazine rings is 1. The minimum atomic E-state index is -0.481. The minimum Gasteiger partial charge on any atom is -0.451 e. The first-order valence-corrected chi connectivity index (χ1v) is 20.3. The fourth-order valence-corrected chi connectivity index (χ4v) is 9.99. The number of hydrogen-bond donors (Lipinski definition) is 0. The lowest BCUT2D eigenvalue weighted by Gasteiger charge is -2.54. The van der Waals surface area contributed by atoms with Crippen LogP contribution in [-0.2, 0) is 4.74 Å². The minimum absolute atomic E-state index is 0.0295. The van der Waals surface area contributed by atoms with E-state index in [0.29, 0.717) is 29.9 Å². The number of halogens is 1. The molecule has 12 nitrogen and oxygen atoms in total. The van der Waals surface area contributed by atoms with Gasteiger partial charge >= 0.3 is 6.09 Å². The summed E-state index contributed by atoms with van der Waals surface area (Å²) in [7, 11) is 0. The van der Waals surface area contributed by atoms with Crippen LogP contribution in [0.5, 0.6) is 11.5 Å². The molecule has 0 saturated carbocycles. The number of piperidine rings is 2. The molecule has 5 fully saturated rings. The number of carbonyl (C=O) groups is 2. The van der Waals surface area contributed by atoms with Crippen molar-refractivity contribution in [2.45, 2.75) is 97.4 Å². The number of likely N-dealkylation sites (tertiary alicyclic amines) is 2. The van der Waals surface area contributed by atoms with Crippen LogP contribution in [0, 0.1) is 17.2 Å². The van der Waals surface area contributed by atoms with Crippen LogP contribution in [0.15, 0.2) is 30.7 Å². The highest BCUT2D eigenvalue weighted by Gasteiger charge is 2.48. The molecule has 1 aromatic heterocycles. The van der Waals surface area contributed by atoms with E-state index in [1.165, 1.54) is 43.9 Å². The molecule has 14 heteroatoms. The molecule has 5 aliphatic heterocycles. The summed E-state index contributed by atoms with van der Waals surface area (Å²) in [5.41, 5.74) is 0.000733. The molecular formula is C39H57FN8O4S. The predicted molar refractivity (Wildman–Crippen MR) is 204 cm³/mol. The van der Waals surface area contributed by atoms with Gasteiger partial charge in [-0.1, -0.05) is 0 Å². The molecule has 53 heavy (non-hydrogen) atoms. The molecule has 1 aromatic carbocycles. The van der Waals surface area contributed by atoms with E-state index in [2.05, 4.69) is 28.4 Å². The second kappa shape index (κ2) is 15.5. The van der Waals surface area contributed by atoms with Gasteiger partial charge in [0.25, 0.3) is 5.91 Å². The van der Waals surface area contributed by atoms with Crippen molar-refractivity contribution in [2.24, 2.45) is 11.3 Å². The van der Waals surface area contributed by atoms with Gasteiger partial charge in [0.1, 0.15) is 23.5 Å². The Kier molecular flexibility index (Phi) is 11.1. The fourth-order valence-electron chi connectivity index (χ4n) is 8.80. The first-order chi connectivity index (χ1) is 25.3. The monoisotopic (exact) mass is 752 g/mol. The zero-order chi connectivity index (χ0) is 37.5. The van der Waals surface area contributed by atoms with Gasteiger partial charge in [0.15, 0.2) is 11.6 Å². The van der Waals surface area contributed by atoms with Crippen molar-refractivity contribution in [2.75, 3.05) is 70.3 Å². The average molecular weight is 753 g/mol. The van der Waals surface area contributed by atoms with Crippen LogP contribution in [-0.4, -0.2) is 134 Å². The number of amides is 2. The predicted octanol–water partition coefficient (Wildman–Crippen LogP) is 6.15. The van der Waals surface area contributed by atoms with Crippen molar-refractivity contribution in [3.05, 3.63) is 42.1 Å². The zero-order valence-electron chi connectivity index (χ0n) is 32.3. The van der Waals surface area contributed by atoms with Crippen LogP contribution in [0.2, 0.25) is 0 Å². The van der Waals surface area contributed by atoms with Crippen LogP contribution in [0.1, 0.15) is 84.0 Å². The van der Waals surface area contributed by atoms with Crippen molar-refractivity contribution >= 4 is 30.0 Å². The molecule has 7 rings (SSSR count). The lowest BCUT2D eigenvalue weighted by Crippen LogP contribution is -2.61. The standard InChI is InChI=1S/C39H57FN8O4S/c1-7-46(27(2)3)36(49)32-18-29(40)8-9-33(32)51-34-20-41-26-42-35(34)44-24-39(25-44)12-16-43(17-13-39)21-28-10-14-45(15-11-28)53-48-23-30-19-31(48)22-47(30)37(50)52-38(4,5)6/h8-9,18,20,26-28,30-31H,7,10-17,19,21-25H2,1-6H3/t30-,31-/m0/s1. The van der Waals surface area contributed by atoms with Crippen LogP contribution >= 0.6 is 12.1 Å². The summed E-state index contributed by atoms with van der Waals surface area (Å²) in [6, 6.07) is 4.72. The molecule has 0 unspecified atom stereocenters. The van der Waals surface area contributed by atoms with Crippen molar-refractivity contribution in [1.29, 1.82) is 0 Å². The Labute approximate surface area is 318 Å². The molecular weight excluding hydrogens is 696 g/mol. The third-order valence-corrected chi connectivity index (χ3v) is 12.9. The van der Waals surface area contributed by atoms with E-state index in [1.54, 1.807) is 11.1 Å². The van der Waals surface area contributed by atoms with E-state index in [0.717, 1.165) is 77.5 Å². The summed E-state index contributed by atoms with van der Waals surface area (Å²) in [4.78, 5) is 43.4. The summed E-state index contributed by atoms with van der Waals surface area (Å²) >= 11 is 1.90. The molecule has 5 saturated heterocycles. The molecule has 6 heterocycles. The summed E-state index contributed by atoms with van der Waals surface area (Å²) in [6.07, 6.45) is 8.80. The number of hydrogen-bond acceptors (Lipinski definition) is 11. The van der Waals surface area contributed by atoms with Gasteiger partial charge in [-0.15, -0.1) is 0 Å². The van der Waals surface area contributed by atoms with Gasteiger partial charge in [-0.2, -0.15) is 0 Å². The molecule has 0 radical (unpaired) electrons. The van der Waals surface area contributed by atoms with Gasteiger partial charge in [0, 0.05) is 82.0 Å². The number of fused-ring (bicyclic) bond motifs is 2. The largest absolute Gasteiger partial charge is 0.451 e. The highest BCUT2D eigenvalue weighted by atomic mass is 32.2. The first kappa shape index (κ1) is 38.1. The second-order valence-electron chi connectivity index (χ2n) is 17.0. The number of rotatable bonds is 10. The fraction of sp³-hybridized carbons (Fsp3) is 0.692. The second-order valence-corrected chi connectivity index (χ2v) is 18.2. The molecule has 2 amide bonds. The summed E-state index contributed by atoms with van der Waals surface area (Å²) < 4.78 is 31.3. The van der Waals surface area contributed by atoms with E-state index in [-0.39, 0.29) is 35.1 Å². The Morgan fingerprint density at radius 3 is 2.43 bits per heavy atom. The van der Waals surface area contributed by atoms with Gasteiger partial charge in [0.2, 0.25) is 0 Å². The van der Waals surface area contributed by atoms with Crippen LogP contribution < -0.4 is 9.64 Å². The molecule has 2 atom stereocenters. The molecule has 5 aliphatic rings. The Morgan fingerprint density at radius 2 is 1.79 bits per heavy atom. The van der Waals surface area contributed by atoms with E-state index in [4.69, 9.17) is 9.47 Å². The Balaban J connectivity index is 0.854. The normalized spacial score (nSPS) is 23.8. The zero-order valence-corrected chi connectivity index (χ0v) is 33.1. The average Bonchev–Trinajstić information content (AvgIpc) is 3.70. The van der Waals surface area contributed by atoms with Gasteiger partial charge < -0.3 is 29.1 Å². The van der Waals surface area contributed by atoms with E-state index >= 15 is 0 Å². The van der Waals surface area contributed by atoms with Crippen LogP contribution in [0.25, 0.3) is 0 Å². The van der Waals surface area contributed by atoms with Gasteiger partial charge in [-0.05, 0) is 111 Å². The molecule has 290 valence electrons. The topological polar surface area (TPSA) is 97.8 Å². The van der Waals surface area contributed by atoms with Crippen molar-refractivity contribution in [1.82, 2.24) is 33.3 Å². The van der Waals surface area contributed by atoms with Crippen LogP contribution in [0.4, 0.5) is 15.0 Å². The molecule has 1 spiro atoms. The Bertz CT molecular complexity index is 1620. The third kappa shape index (κ3) is 8.55. The molecule has 2 aromatic rings. The molecule has 0 aliphatic carbocycles. The lowest BCUT2D eigenvalue weighted by atomic mass is 9.72. The highest BCUT2D eigenvalue weighted by Crippen LogP contribution is 2.45. The quantitative estimate of drug-likeness (QED) is 0.262. The van der Waals surface area contributed by atoms with Gasteiger partial charge in [-0.3, -0.25) is 4.79 Å². The molecule has 0 N–H and O–H groups in total. The summed E-state index contributed by atoms with van der Waals surface area (Å²) in [5.74, 6) is 1.46. The Morgan fingerprint density at radius 1 is 1.06 bits per heavy atom. The SMILES string of the molecule is CCN(C(=O)c1cc(F)ccc1Oc1cncnc1N1CC2(CCN(CC3CCN(SN4C[C@@H]5C[C@H]4CN5C(=O)OC(C)(C)C)CC3)CC2)C1)C(C)C. The highest BCUT2D eigenvalue weighted by molar-refractivity contribution is 7.94. The van der Waals surface area contributed by atoms with E-state index in [9.17, 15) is 14.0 Å². The van der Waals surface area contributed by atoms with Crippen molar-refractivity contribution in [3.8, 4) is 11.5 Å². The van der Waals surface area contributed by atoms with Gasteiger partial charge in [-0.25, -0.2) is 27.8 Å². The number of ether oxygens (including phenoxy) is 2. The van der Waals surface area contributed by atoms with Gasteiger partial charge in [0.05, 0.1) is 17.8 Å². The number of aromatic nitrogens is 2. The summed E-state index contributed by atoms with van der Waals surface area (Å²) in [5, 5.41) is 0. The maximum Gasteiger partial charge on any atom is 0.410 e. The lowest BCUT2D eigenvalue weighted by molar-refractivity contribution is 0.0175. The molecule has 2 bridgehead atoms. The maximum atomic E-state index is 14.3. The number of carbonyl (C=O) groups excluding carboxylic acids is 2. The Hall–Kier alpha value is -3.20. The van der Waals surface area contributed by atoms with Crippen molar-refractivity contribution < 1.29 is 23.5 Å². The maximum absolute atomic E-state index is 14.3. The number of nitrogens with zero attached hydrogens (tertiary/aromatic N) is 8. The number of anilines is 1. The van der Waals surface area contributed by atoms with Crippen LogP contribution in [0.3, 0.4) is 0 Å². The summed E-state index contributed by atoms with van der Waals surface area (Å²) in [6.45, 7) is 21.2. The van der Waals surface area contributed by atoms with E-state index in [1.807, 2.05) is 58.6 Å². The first-order valence-electron chi connectivity index (χ1n) is 19.5. The number of benzene rings is 1. The van der Waals surface area contributed by atoms with E-state index < -0.39 is 11.4 Å². The smallest absolute Gasteiger partial charge is 0.410 e.